The van der Waals surface area contributed by atoms with Gasteiger partial charge in [-0.25, -0.2) is 0 Å². The molecule has 0 amide bonds. The largest absolute Gasteiger partial charge is 0.469 e. The topological polar surface area (TPSA) is 43.4 Å². The van der Waals surface area contributed by atoms with Crippen LogP contribution in [0, 0.1) is 5.41 Å². The van der Waals surface area contributed by atoms with E-state index in [4.69, 9.17) is 11.6 Å². The van der Waals surface area contributed by atoms with E-state index < -0.39 is 0 Å². The normalized spacial score (nSPS) is 18.5. The molecule has 3 nitrogen and oxygen atoms in total. The summed E-state index contributed by atoms with van der Waals surface area (Å²) >= 11 is 5.24. The highest BCUT2D eigenvalue weighted by Crippen LogP contribution is 2.52. The first-order valence-corrected chi connectivity index (χ1v) is 4.21. The molecule has 0 heterocycles. The lowest BCUT2D eigenvalue weighted by Gasteiger charge is -2.09. The molecule has 0 aromatic heterocycles. The third-order valence-electron chi connectivity index (χ3n) is 2.22. The maximum Gasteiger partial charge on any atom is 0.306 e. The second-order valence-electron chi connectivity index (χ2n) is 3.28. The first kappa shape index (κ1) is 9.52. The van der Waals surface area contributed by atoms with Crippen LogP contribution in [0.3, 0.4) is 0 Å². The summed E-state index contributed by atoms with van der Waals surface area (Å²) in [4.78, 5) is 21.5. The number of methoxy groups -OCH3 is 1. The van der Waals surface area contributed by atoms with E-state index in [0.717, 1.165) is 12.8 Å². The molecule has 0 aromatic carbocycles. The number of ether oxygens (including phenoxy) is 1. The lowest BCUT2D eigenvalue weighted by Crippen LogP contribution is -2.12. The van der Waals surface area contributed by atoms with Crippen molar-refractivity contribution in [3.8, 4) is 0 Å². The summed E-state index contributed by atoms with van der Waals surface area (Å²) in [6, 6.07) is 0. The highest BCUT2D eigenvalue weighted by atomic mass is 35.5. The van der Waals surface area contributed by atoms with Crippen molar-refractivity contribution in [1.82, 2.24) is 0 Å². The Hall–Kier alpha value is -0.570. The van der Waals surface area contributed by atoms with Crippen LogP contribution in [0.4, 0.5) is 0 Å². The molecule has 0 unspecified atom stereocenters. The van der Waals surface area contributed by atoms with Gasteiger partial charge in [0.05, 0.1) is 13.5 Å². The third-order valence-corrected chi connectivity index (χ3v) is 2.35. The van der Waals surface area contributed by atoms with Gasteiger partial charge in [0.25, 0.3) is 0 Å². The molecule has 1 fully saturated rings. The lowest BCUT2D eigenvalue weighted by molar-refractivity contribution is -0.142. The zero-order chi connectivity index (χ0) is 9.19. The average Bonchev–Trinajstić information content (AvgIpc) is 2.67. The van der Waals surface area contributed by atoms with E-state index in [2.05, 4.69) is 4.74 Å². The molecule has 0 aromatic rings. The van der Waals surface area contributed by atoms with Crippen LogP contribution >= 0.6 is 11.6 Å². The lowest BCUT2D eigenvalue weighted by atomic mass is 9.99. The fourth-order valence-electron chi connectivity index (χ4n) is 1.27. The van der Waals surface area contributed by atoms with E-state index in [0.29, 0.717) is 12.8 Å². The summed E-state index contributed by atoms with van der Waals surface area (Å²) < 4.78 is 4.51. The minimum absolute atomic E-state index is 0.161. The number of carbonyl (C=O) groups is 2. The predicted molar refractivity (Wildman–Crippen MR) is 43.8 cm³/mol. The van der Waals surface area contributed by atoms with Crippen molar-refractivity contribution in [2.45, 2.75) is 25.7 Å². The van der Waals surface area contributed by atoms with E-state index in [-0.39, 0.29) is 16.6 Å². The number of hydrogen-bond acceptors (Lipinski definition) is 3. The molecule has 0 saturated heterocycles. The van der Waals surface area contributed by atoms with E-state index in [1.54, 1.807) is 0 Å². The highest BCUT2D eigenvalue weighted by molar-refractivity contribution is 6.63. The van der Waals surface area contributed by atoms with Crippen molar-refractivity contribution >= 4 is 22.8 Å². The average molecular weight is 191 g/mol. The van der Waals surface area contributed by atoms with Crippen LogP contribution in [0.25, 0.3) is 0 Å². The maximum absolute atomic E-state index is 10.9. The Balaban J connectivity index is 2.39. The maximum atomic E-state index is 10.9. The van der Waals surface area contributed by atoms with Gasteiger partial charge in [-0.1, -0.05) is 0 Å². The van der Waals surface area contributed by atoms with Crippen molar-refractivity contribution in [1.29, 1.82) is 0 Å². The van der Waals surface area contributed by atoms with Gasteiger partial charge in [-0.2, -0.15) is 0 Å². The van der Waals surface area contributed by atoms with Gasteiger partial charge in [-0.3, -0.25) is 9.59 Å². The third kappa shape index (κ3) is 2.48. The van der Waals surface area contributed by atoms with Crippen LogP contribution in [-0.4, -0.2) is 18.3 Å². The molecule has 0 bridgehead atoms. The highest BCUT2D eigenvalue weighted by Gasteiger charge is 2.45. The molecule has 0 radical (unpaired) electrons. The number of carbonyl (C=O) groups excluding carboxylic acids is 2. The minimum Gasteiger partial charge on any atom is -0.469 e. The molecule has 1 rings (SSSR count). The molecule has 0 N–H and O–H groups in total. The molecule has 68 valence electrons. The summed E-state index contributed by atoms with van der Waals surface area (Å²) in [7, 11) is 1.35. The van der Waals surface area contributed by atoms with Crippen LogP contribution < -0.4 is 0 Å². The molecule has 0 atom stereocenters. The standard InChI is InChI=1S/C8H11ClO3/c1-12-7(11)5-8(2-3-8)4-6(9)10/h2-5H2,1H3. The number of esters is 1. The summed E-state index contributed by atoms with van der Waals surface area (Å²) in [6.07, 6.45) is 2.42. The molecule has 0 aliphatic heterocycles. The van der Waals surface area contributed by atoms with Gasteiger partial charge in [0.15, 0.2) is 0 Å². The molecule has 1 aliphatic rings. The Morgan fingerprint density at radius 2 is 2.00 bits per heavy atom. The van der Waals surface area contributed by atoms with Crippen molar-refractivity contribution in [3.05, 3.63) is 0 Å². The van der Waals surface area contributed by atoms with Crippen molar-refractivity contribution in [2.24, 2.45) is 5.41 Å². The molecule has 12 heavy (non-hydrogen) atoms. The second-order valence-corrected chi connectivity index (χ2v) is 3.71. The molecule has 1 aliphatic carbocycles. The van der Waals surface area contributed by atoms with Crippen molar-refractivity contribution in [3.63, 3.8) is 0 Å². The Bertz CT molecular complexity index is 208. The smallest absolute Gasteiger partial charge is 0.306 e. The fraction of sp³-hybridized carbons (Fsp3) is 0.750. The second kappa shape index (κ2) is 3.44. The van der Waals surface area contributed by atoms with E-state index in [1.807, 2.05) is 0 Å². The minimum atomic E-state index is -0.364. The zero-order valence-corrected chi connectivity index (χ0v) is 7.69. The Labute approximate surface area is 76.0 Å². The quantitative estimate of drug-likeness (QED) is 0.498. The van der Waals surface area contributed by atoms with Crippen LogP contribution in [-0.2, 0) is 14.3 Å². The Kier molecular flexibility index (Phi) is 2.73. The molecule has 0 spiro atoms. The first-order valence-electron chi connectivity index (χ1n) is 3.83. The van der Waals surface area contributed by atoms with Gasteiger partial charge in [0, 0.05) is 6.42 Å². The summed E-state index contributed by atoms with van der Waals surface area (Å²) in [5.41, 5.74) is -0.161. The van der Waals surface area contributed by atoms with Crippen LogP contribution in [0.2, 0.25) is 0 Å². The molecular formula is C8H11ClO3. The van der Waals surface area contributed by atoms with Crippen molar-refractivity contribution in [2.75, 3.05) is 7.11 Å². The van der Waals surface area contributed by atoms with Gasteiger partial charge < -0.3 is 4.74 Å². The summed E-state index contributed by atoms with van der Waals surface area (Å²) in [5.74, 6) is -0.259. The fourth-order valence-corrected chi connectivity index (χ4v) is 1.55. The summed E-state index contributed by atoms with van der Waals surface area (Å²) in [5, 5.41) is -0.364. The number of halogens is 1. The van der Waals surface area contributed by atoms with Gasteiger partial charge >= 0.3 is 5.97 Å². The van der Waals surface area contributed by atoms with Crippen LogP contribution in [0.15, 0.2) is 0 Å². The van der Waals surface area contributed by atoms with E-state index in [9.17, 15) is 9.59 Å². The molecule has 1 saturated carbocycles. The van der Waals surface area contributed by atoms with Crippen LogP contribution in [0.1, 0.15) is 25.7 Å². The summed E-state index contributed by atoms with van der Waals surface area (Å²) in [6.45, 7) is 0. The van der Waals surface area contributed by atoms with Gasteiger partial charge in [0.1, 0.15) is 0 Å². The predicted octanol–water partition coefficient (Wildman–Crippen LogP) is 1.49. The van der Waals surface area contributed by atoms with Gasteiger partial charge in [0.2, 0.25) is 5.24 Å². The monoisotopic (exact) mass is 190 g/mol. The van der Waals surface area contributed by atoms with E-state index in [1.165, 1.54) is 7.11 Å². The zero-order valence-electron chi connectivity index (χ0n) is 6.93. The molecule has 4 heteroatoms. The van der Waals surface area contributed by atoms with E-state index >= 15 is 0 Å². The van der Waals surface area contributed by atoms with Crippen LogP contribution in [0.5, 0.6) is 0 Å². The molecular weight excluding hydrogens is 180 g/mol. The SMILES string of the molecule is COC(=O)CC1(CC(=O)Cl)CC1. The van der Waals surface area contributed by atoms with Crippen molar-refractivity contribution < 1.29 is 14.3 Å². The first-order chi connectivity index (χ1) is 5.58. The number of rotatable bonds is 4. The van der Waals surface area contributed by atoms with Gasteiger partial charge in [-0.15, -0.1) is 0 Å². The Morgan fingerprint density at radius 3 is 2.33 bits per heavy atom. The Morgan fingerprint density at radius 1 is 1.42 bits per heavy atom. The number of hydrogen-bond donors (Lipinski definition) is 0. The van der Waals surface area contributed by atoms with Gasteiger partial charge in [-0.05, 0) is 29.9 Å².